The molecule has 1 aromatic carbocycles. The number of benzene rings is 1. The van der Waals surface area contributed by atoms with Gasteiger partial charge in [-0.25, -0.2) is 0 Å². The summed E-state index contributed by atoms with van der Waals surface area (Å²) in [6, 6.07) is 9.83. The SMILES string of the molecule is Cc1ncccc1NC(=O)c1ccc2c(c1)C=CCC1CC3(CCC21C)OCCO3. The average molecular weight is 405 g/mol. The second-order valence-electron chi connectivity index (χ2n) is 8.96. The first-order chi connectivity index (χ1) is 14.5. The minimum Gasteiger partial charge on any atom is -0.348 e. The Bertz CT molecular complexity index is 1010. The fraction of sp³-hybridized carbons (Fsp3) is 0.440. The number of carbonyl (C=O) groups is 1. The Morgan fingerprint density at radius 2 is 2.03 bits per heavy atom. The van der Waals surface area contributed by atoms with Crippen LogP contribution in [0.4, 0.5) is 5.69 Å². The summed E-state index contributed by atoms with van der Waals surface area (Å²) in [7, 11) is 0. The third-order valence-electron chi connectivity index (χ3n) is 7.20. The quantitative estimate of drug-likeness (QED) is 0.777. The van der Waals surface area contributed by atoms with Gasteiger partial charge in [0.1, 0.15) is 0 Å². The van der Waals surface area contributed by atoms with Gasteiger partial charge >= 0.3 is 0 Å². The van der Waals surface area contributed by atoms with E-state index >= 15 is 0 Å². The van der Waals surface area contributed by atoms with Crippen molar-refractivity contribution in [2.75, 3.05) is 18.5 Å². The Balaban J connectivity index is 1.43. The number of hydrogen-bond acceptors (Lipinski definition) is 4. The first-order valence-electron chi connectivity index (χ1n) is 10.8. The molecular weight excluding hydrogens is 376 g/mol. The zero-order valence-corrected chi connectivity index (χ0v) is 17.6. The van der Waals surface area contributed by atoms with Gasteiger partial charge < -0.3 is 14.8 Å². The Kier molecular flexibility index (Phi) is 4.75. The second-order valence-corrected chi connectivity index (χ2v) is 8.96. The molecule has 0 radical (unpaired) electrons. The summed E-state index contributed by atoms with van der Waals surface area (Å²) >= 11 is 0. The van der Waals surface area contributed by atoms with E-state index in [1.165, 1.54) is 5.56 Å². The molecule has 2 unspecified atom stereocenters. The van der Waals surface area contributed by atoms with Crippen LogP contribution in [0.3, 0.4) is 0 Å². The van der Waals surface area contributed by atoms with E-state index in [1.807, 2.05) is 31.2 Å². The highest BCUT2D eigenvalue weighted by Gasteiger charge is 2.51. The molecule has 2 aliphatic carbocycles. The molecule has 30 heavy (non-hydrogen) atoms. The first kappa shape index (κ1) is 19.5. The summed E-state index contributed by atoms with van der Waals surface area (Å²) in [4.78, 5) is 17.1. The zero-order valence-electron chi connectivity index (χ0n) is 17.6. The van der Waals surface area contributed by atoms with Crippen LogP contribution in [0.1, 0.15) is 59.8 Å². The summed E-state index contributed by atoms with van der Waals surface area (Å²) in [6.45, 7) is 5.66. The van der Waals surface area contributed by atoms with E-state index in [9.17, 15) is 4.79 Å². The van der Waals surface area contributed by atoms with Crippen molar-refractivity contribution in [2.45, 2.75) is 50.7 Å². The molecule has 1 saturated carbocycles. The first-order valence-corrected chi connectivity index (χ1v) is 10.8. The van der Waals surface area contributed by atoms with Crippen LogP contribution in [0.5, 0.6) is 0 Å². The molecule has 1 amide bonds. The molecule has 5 rings (SSSR count). The highest BCUT2D eigenvalue weighted by molar-refractivity contribution is 6.05. The summed E-state index contributed by atoms with van der Waals surface area (Å²) in [5, 5.41) is 2.99. The normalized spacial score (nSPS) is 26.7. The predicted octanol–water partition coefficient (Wildman–Crippen LogP) is 4.86. The number of ether oxygens (including phenoxy) is 2. The molecule has 1 aromatic heterocycles. The smallest absolute Gasteiger partial charge is 0.255 e. The lowest BCUT2D eigenvalue weighted by Crippen LogP contribution is -2.47. The number of aryl methyl sites for hydroxylation is 1. The highest BCUT2D eigenvalue weighted by Crippen LogP contribution is 2.53. The predicted molar refractivity (Wildman–Crippen MR) is 116 cm³/mol. The van der Waals surface area contributed by atoms with E-state index < -0.39 is 0 Å². The van der Waals surface area contributed by atoms with Crippen LogP contribution < -0.4 is 5.32 Å². The van der Waals surface area contributed by atoms with Crippen molar-refractivity contribution >= 4 is 17.7 Å². The molecule has 5 heteroatoms. The van der Waals surface area contributed by atoms with Crippen molar-refractivity contribution in [2.24, 2.45) is 5.92 Å². The van der Waals surface area contributed by atoms with Crippen molar-refractivity contribution in [1.82, 2.24) is 4.98 Å². The van der Waals surface area contributed by atoms with E-state index in [0.29, 0.717) is 24.7 Å². The Morgan fingerprint density at radius 3 is 2.83 bits per heavy atom. The fourth-order valence-corrected chi connectivity index (χ4v) is 5.35. The standard InChI is InChI=1S/C25H28N2O3/c1-17-22(7-4-12-26-17)27-23(28)19-8-9-21-18(15-19)5-3-6-20-16-25(29-13-14-30-25)11-10-24(20,21)2/h3-5,7-9,12,15,20H,6,10-11,13-14,16H2,1-2H3,(H,27,28). The van der Waals surface area contributed by atoms with Gasteiger partial charge in [0.15, 0.2) is 5.79 Å². The van der Waals surface area contributed by atoms with Crippen LogP contribution in [0, 0.1) is 12.8 Å². The van der Waals surface area contributed by atoms with Crippen LogP contribution in [0.25, 0.3) is 6.08 Å². The topological polar surface area (TPSA) is 60.5 Å². The fourth-order valence-electron chi connectivity index (χ4n) is 5.35. The van der Waals surface area contributed by atoms with Gasteiger partial charge in [0.2, 0.25) is 0 Å². The highest BCUT2D eigenvalue weighted by atomic mass is 16.7. The number of nitrogens with zero attached hydrogens (tertiary/aromatic N) is 1. The molecule has 3 aliphatic rings. The number of aromatic nitrogens is 1. The lowest BCUT2D eigenvalue weighted by molar-refractivity contribution is -0.197. The van der Waals surface area contributed by atoms with Gasteiger partial charge in [-0.3, -0.25) is 9.78 Å². The molecule has 5 nitrogen and oxygen atoms in total. The minimum absolute atomic E-state index is 0.0499. The third-order valence-corrected chi connectivity index (χ3v) is 7.20. The molecule has 0 bridgehead atoms. The monoisotopic (exact) mass is 404 g/mol. The summed E-state index contributed by atoms with van der Waals surface area (Å²) in [6.07, 6.45) is 10.0. The van der Waals surface area contributed by atoms with Crippen molar-refractivity contribution in [3.8, 4) is 0 Å². The van der Waals surface area contributed by atoms with E-state index in [-0.39, 0.29) is 17.1 Å². The second kappa shape index (κ2) is 7.33. The van der Waals surface area contributed by atoms with Gasteiger partial charge in [0.25, 0.3) is 5.91 Å². The van der Waals surface area contributed by atoms with Gasteiger partial charge in [-0.1, -0.05) is 25.1 Å². The molecule has 2 atom stereocenters. The molecule has 1 spiro atoms. The lowest BCUT2D eigenvalue weighted by atomic mass is 9.61. The number of amides is 1. The number of nitrogens with one attached hydrogen (secondary N) is 1. The van der Waals surface area contributed by atoms with Crippen molar-refractivity contribution in [3.05, 3.63) is 65.0 Å². The van der Waals surface area contributed by atoms with Crippen molar-refractivity contribution in [3.63, 3.8) is 0 Å². The van der Waals surface area contributed by atoms with Gasteiger partial charge in [-0.2, -0.15) is 0 Å². The molecule has 1 N–H and O–H groups in total. The summed E-state index contributed by atoms with van der Waals surface area (Å²) < 4.78 is 12.0. The van der Waals surface area contributed by atoms with E-state index in [1.54, 1.807) is 6.20 Å². The average Bonchev–Trinajstić information content (AvgIpc) is 3.15. The number of fused-ring (bicyclic) bond motifs is 3. The van der Waals surface area contributed by atoms with E-state index in [0.717, 1.165) is 42.6 Å². The molecular formula is C25H28N2O3. The Hall–Kier alpha value is -2.50. The maximum atomic E-state index is 12.9. The minimum atomic E-state index is -0.385. The van der Waals surface area contributed by atoms with Gasteiger partial charge in [0, 0.05) is 24.6 Å². The van der Waals surface area contributed by atoms with E-state index in [4.69, 9.17) is 9.47 Å². The van der Waals surface area contributed by atoms with Crippen molar-refractivity contribution < 1.29 is 14.3 Å². The molecule has 2 aromatic rings. The number of anilines is 1. The number of hydrogen-bond donors (Lipinski definition) is 1. The maximum absolute atomic E-state index is 12.9. The number of rotatable bonds is 2. The largest absolute Gasteiger partial charge is 0.348 e. The van der Waals surface area contributed by atoms with Gasteiger partial charge in [-0.15, -0.1) is 0 Å². The molecule has 1 aliphatic heterocycles. The summed E-state index contributed by atoms with van der Waals surface area (Å²) in [5.41, 5.74) is 4.73. The molecule has 156 valence electrons. The Morgan fingerprint density at radius 1 is 1.20 bits per heavy atom. The molecule has 2 fully saturated rings. The van der Waals surface area contributed by atoms with Crippen LogP contribution in [0.2, 0.25) is 0 Å². The van der Waals surface area contributed by atoms with Crippen LogP contribution >= 0.6 is 0 Å². The zero-order chi connectivity index (χ0) is 20.8. The Labute approximate surface area is 177 Å². The van der Waals surface area contributed by atoms with E-state index in [2.05, 4.69) is 35.4 Å². The van der Waals surface area contributed by atoms with Crippen LogP contribution in [0.15, 0.2) is 42.6 Å². The summed E-state index contributed by atoms with van der Waals surface area (Å²) in [5.74, 6) is -0.0348. The molecule has 2 heterocycles. The number of carbonyl (C=O) groups excluding carboxylic acids is 1. The van der Waals surface area contributed by atoms with Crippen molar-refractivity contribution in [1.29, 1.82) is 0 Å². The third kappa shape index (κ3) is 3.26. The van der Waals surface area contributed by atoms with Crippen LogP contribution in [-0.4, -0.2) is 29.9 Å². The van der Waals surface area contributed by atoms with Gasteiger partial charge in [0.05, 0.1) is 24.6 Å². The van der Waals surface area contributed by atoms with Crippen LogP contribution in [-0.2, 0) is 14.9 Å². The molecule has 1 saturated heterocycles. The number of pyridine rings is 1. The lowest BCUT2D eigenvalue weighted by Gasteiger charge is -2.48. The van der Waals surface area contributed by atoms with Gasteiger partial charge in [-0.05, 0) is 66.5 Å². The number of allylic oxidation sites excluding steroid dienone is 1. The maximum Gasteiger partial charge on any atom is 0.255 e.